The number of halogens is 2. The Morgan fingerprint density at radius 1 is 1.18 bits per heavy atom. The molecule has 2 aromatic carbocycles. The van der Waals surface area contributed by atoms with Crippen LogP contribution in [0.3, 0.4) is 0 Å². The summed E-state index contributed by atoms with van der Waals surface area (Å²) in [5.74, 6) is -0.798. The van der Waals surface area contributed by atoms with Crippen molar-refractivity contribution >= 4 is 5.91 Å². The number of nitrogens with one attached hydrogen (secondary N) is 2. The normalized spacial score (nSPS) is 20.4. The Morgan fingerprint density at radius 3 is 2.79 bits per heavy atom. The van der Waals surface area contributed by atoms with Gasteiger partial charge in [-0.2, -0.15) is 4.98 Å². The Morgan fingerprint density at radius 2 is 2.00 bits per heavy atom. The summed E-state index contributed by atoms with van der Waals surface area (Å²) in [5.41, 5.74) is 7.05. The molecule has 2 aliphatic heterocycles. The molecule has 3 aromatic rings. The molecule has 3 heterocycles. The number of para-hydroxylation sites is 1. The number of likely N-dealkylation sites (tertiary alicyclic amines) is 1. The van der Waals surface area contributed by atoms with E-state index in [1.54, 1.807) is 23.1 Å². The van der Waals surface area contributed by atoms with E-state index in [9.17, 15) is 13.6 Å². The number of benzene rings is 2. The standard InChI is InChI=1S/C23H23F2N5O3/c1-32-20-14(6-3-8-16(20)25)21-27-22(33-29-21)18-9-4-12-30(18)23(31)13-5-2-7-15(24)19(13)17-10-11-26-28-17/h2-3,5-8,17-18,26,28H,4,9-12H2,1H3/t17?,18-/m0/s1. The molecule has 33 heavy (non-hydrogen) atoms. The van der Waals surface area contributed by atoms with Gasteiger partial charge >= 0.3 is 0 Å². The Bertz CT molecular complexity index is 1180. The number of ether oxygens (including phenoxy) is 1. The number of hydrazine groups is 1. The Hall–Kier alpha value is -3.37. The highest BCUT2D eigenvalue weighted by atomic mass is 19.1. The van der Waals surface area contributed by atoms with Crippen LogP contribution in [-0.2, 0) is 0 Å². The smallest absolute Gasteiger partial charge is 0.254 e. The van der Waals surface area contributed by atoms with Crippen molar-refractivity contribution in [1.29, 1.82) is 0 Å². The molecule has 172 valence electrons. The van der Waals surface area contributed by atoms with Gasteiger partial charge in [-0.25, -0.2) is 8.78 Å². The quantitative estimate of drug-likeness (QED) is 0.608. The largest absolute Gasteiger partial charge is 0.493 e. The minimum Gasteiger partial charge on any atom is -0.493 e. The number of hydrogen-bond donors (Lipinski definition) is 2. The number of hydrogen-bond acceptors (Lipinski definition) is 7. The number of carbonyl (C=O) groups excluding carboxylic acids is 1. The topological polar surface area (TPSA) is 92.5 Å². The highest BCUT2D eigenvalue weighted by molar-refractivity contribution is 5.96. The summed E-state index contributed by atoms with van der Waals surface area (Å²) in [4.78, 5) is 19.6. The molecule has 2 aliphatic rings. The maximum atomic E-state index is 14.7. The van der Waals surface area contributed by atoms with Crippen LogP contribution in [0.1, 0.15) is 53.2 Å². The summed E-state index contributed by atoms with van der Waals surface area (Å²) in [7, 11) is 1.37. The van der Waals surface area contributed by atoms with E-state index in [1.165, 1.54) is 25.3 Å². The van der Waals surface area contributed by atoms with Crippen molar-refractivity contribution in [2.75, 3.05) is 20.2 Å². The van der Waals surface area contributed by atoms with Crippen molar-refractivity contribution in [1.82, 2.24) is 25.9 Å². The van der Waals surface area contributed by atoms with Crippen LogP contribution >= 0.6 is 0 Å². The third kappa shape index (κ3) is 3.85. The van der Waals surface area contributed by atoms with Crippen LogP contribution in [0, 0.1) is 11.6 Å². The molecular formula is C23H23F2N5O3. The maximum absolute atomic E-state index is 14.7. The van der Waals surface area contributed by atoms with Crippen molar-refractivity contribution in [2.24, 2.45) is 0 Å². The molecular weight excluding hydrogens is 432 g/mol. The van der Waals surface area contributed by atoms with Crippen molar-refractivity contribution in [2.45, 2.75) is 31.3 Å². The molecule has 1 aromatic heterocycles. The predicted molar refractivity (Wildman–Crippen MR) is 114 cm³/mol. The molecule has 0 aliphatic carbocycles. The van der Waals surface area contributed by atoms with Crippen molar-refractivity contribution in [3.63, 3.8) is 0 Å². The van der Waals surface area contributed by atoms with Crippen LogP contribution in [0.25, 0.3) is 11.4 Å². The first-order valence-corrected chi connectivity index (χ1v) is 10.8. The first-order chi connectivity index (χ1) is 16.1. The summed E-state index contributed by atoms with van der Waals surface area (Å²) < 4.78 is 39.5. The van der Waals surface area contributed by atoms with Crippen LogP contribution in [-0.4, -0.2) is 41.1 Å². The molecule has 0 bridgehead atoms. The average Bonchev–Trinajstić information content (AvgIpc) is 3.59. The molecule has 2 saturated heterocycles. The highest BCUT2D eigenvalue weighted by Gasteiger charge is 2.37. The number of aromatic nitrogens is 2. The second kappa shape index (κ2) is 8.87. The zero-order valence-corrected chi connectivity index (χ0v) is 18.0. The van der Waals surface area contributed by atoms with Gasteiger partial charge in [0.25, 0.3) is 5.91 Å². The van der Waals surface area contributed by atoms with E-state index < -0.39 is 17.7 Å². The van der Waals surface area contributed by atoms with Gasteiger partial charge in [0.05, 0.1) is 18.7 Å². The van der Waals surface area contributed by atoms with Crippen LogP contribution < -0.4 is 15.6 Å². The van der Waals surface area contributed by atoms with E-state index in [-0.39, 0.29) is 29.4 Å². The minimum atomic E-state index is -0.535. The second-order valence-electron chi connectivity index (χ2n) is 8.05. The number of methoxy groups -OCH3 is 1. The van der Waals surface area contributed by atoms with E-state index in [0.29, 0.717) is 42.6 Å². The molecule has 10 heteroatoms. The Labute approximate surface area is 188 Å². The van der Waals surface area contributed by atoms with Crippen LogP contribution in [0.4, 0.5) is 8.78 Å². The van der Waals surface area contributed by atoms with Crippen LogP contribution in [0.2, 0.25) is 0 Å². The lowest BCUT2D eigenvalue weighted by molar-refractivity contribution is 0.0707. The molecule has 0 saturated carbocycles. The SMILES string of the molecule is COc1c(F)cccc1-c1noc([C@@H]2CCCN2C(=O)c2cccc(F)c2C2CCNN2)n1. The molecule has 2 fully saturated rings. The maximum Gasteiger partial charge on any atom is 0.254 e. The number of amides is 1. The molecule has 1 amide bonds. The van der Waals surface area contributed by atoms with Gasteiger partial charge in [-0.3, -0.25) is 15.6 Å². The van der Waals surface area contributed by atoms with E-state index in [0.717, 1.165) is 6.42 Å². The molecule has 5 rings (SSSR count). The fourth-order valence-corrected chi connectivity index (χ4v) is 4.57. The molecule has 2 N–H and O–H groups in total. The van der Waals surface area contributed by atoms with E-state index in [1.807, 2.05) is 0 Å². The summed E-state index contributed by atoms with van der Waals surface area (Å²) in [6.07, 6.45) is 2.04. The monoisotopic (exact) mass is 455 g/mol. The van der Waals surface area contributed by atoms with Gasteiger partial charge in [0.15, 0.2) is 11.6 Å². The first-order valence-electron chi connectivity index (χ1n) is 10.8. The molecule has 1 unspecified atom stereocenters. The number of rotatable bonds is 5. The van der Waals surface area contributed by atoms with Gasteiger partial charge in [0.2, 0.25) is 11.7 Å². The van der Waals surface area contributed by atoms with Gasteiger partial charge < -0.3 is 14.2 Å². The van der Waals surface area contributed by atoms with Crippen molar-refractivity contribution < 1.29 is 22.8 Å². The van der Waals surface area contributed by atoms with Crippen LogP contribution in [0.5, 0.6) is 5.75 Å². The van der Waals surface area contributed by atoms with Gasteiger partial charge in [0.1, 0.15) is 11.9 Å². The fourth-order valence-electron chi connectivity index (χ4n) is 4.57. The zero-order chi connectivity index (χ0) is 22.9. The summed E-state index contributed by atoms with van der Waals surface area (Å²) in [6.45, 7) is 1.17. The van der Waals surface area contributed by atoms with Gasteiger partial charge in [-0.15, -0.1) is 0 Å². The minimum absolute atomic E-state index is 0.0197. The summed E-state index contributed by atoms with van der Waals surface area (Å²) >= 11 is 0. The second-order valence-corrected chi connectivity index (χ2v) is 8.05. The lowest BCUT2D eigenvalue weighted by Gasteiger charge is -2.24. The first kappa shape index (κ1) is 21.5. The third-order valence-electron chi connectivity index (χ3n) is 6.12. The van der Waals surface area contributed by atoms with E-state index in [4.69, 9.17) is 9.26 Å². The lowest BCUT2D eigenvalue weighted by atomic mass is 9.97. The third-order valence-corrected chi connectivity index (χ3v) is 6.12. The lowest BCUT2D eigenvalue weighted by Crippen LogP contribution is -2.33. The number of nitrogens with zero attached hydrogens (tertiary/aromatic N) is 3. The van der Waals surface area contributed by atoms with Gasteiger partial charge in [-0.05, 0) is 43.5 Å². The molecule has 0 spiro atoms. The Kier molecular flexibility index (Phi) is 5.77. The van der Waals surface area contributed by atoms with Gasteiger partial charge in [0, 0.05) is 24.2 Å². The molecule has 0 radical (unpaired) electrons. The van der Waals surface area contributed by atoms with E-state index in [2.05, 4.69) is 21.0 Å². The molecule has 8 nitrogen and oxygen atoms in total. The van der Waals surface area contributed by atoms with Crippen molar-refractivity contribution in [3.8, 4) is 17.1 Å². The summed E-state index contributed by atoms with van der Waals surface area (Å²) in [6, 6.07) is 8.26. The van der Waals surface area contributed by atoms with Crippen molar-refractivity contribution in [3.05, 3.63) is 65.1 Å². The van der Waals surface area contributed by atoms with Crippen LogP contribution in [0.15, 0.2) is 40.9 Å². The highest BCUT2D eigenvalue weighted by Crippen LogP contribution is 2.37. The van der Waals surface area contributed by atoms with E-state index >= 15 is 0 Å². The Balaban J connectivity index is 1.45. The molecule has 2 atom stereocenters. The average molecular weight is 455 g/mol. The zero-order valence-electron chi connectivity index (χ0n) is 18.0. The predicted octanol–water partition coefficient (Wildman–Crippen LogP) is 3.54. The van der Waals surface area contributed by atoms with Gasteiger partial charge in [-0.1, -0.05) is 17.3 Å². The summed E-state index contributed by atoms with van der Waals surface area (Å²) in [5, 5.41) is 3.99. The number of carbonyl (C=O) groups is 1. The fraction of sp³-hybridized carbons (Fsp3) is 0.348.